The van der Waals surface area contributed by atoms with Crippen LogP contribution in [0.1, 0.15) is 19.0 Å². The molecule has 0 radical (unpaired) electrons. The van der Waals surface area contributed by atoms with E-state index >= 15 is 0 Å². The third-order valence-corrected chi connectivity index (χ3v) is 6.00. The van der Waals surface area contributed by atoms with E-state index in [4.69, 9.17) is 0 Å². The van der Waals surface area contributed by atoms with Crippen LogP contribution in [0.4, 0.5) is 0 Å². The van der Waals surface area contributed by atoms with E-state index in [-0.39, 0.29) is 41.5 Å². The van der Waals surface area contributed by atoms with Gasteiger partial charge in [-0.05, 0) is 13.3 Å². The van der Waals surface area contributed by atoms with Gasteiger partial charge in [0, 0.05) is 30.4 Å². The number of imidazole rings is 1. The number of aliphatic imine (C=N–C) groups is 1. The van der Waals surface area contributed by atoms with Crippen molar-refractivity contribution in [2.75, 3.05) is 18.1 Å². The first-order valence-electron chi connectivity index (χ1n) is 7.22. The molecule has 128 valence electrons. The number of rotatable bonds is 4. The highest BCUT2D eigenvalue weighted by molar-refractivity contribution is 14.0. The van der Waals surface area contributed by atoms with Gasteiger partial charge >= 0.3 is 0 Å². The zero-order chi connectivity index (χ0) is 15.6. The van der Waals surface area contributed by atoms with Gasteiger partial charge in [0.05, 0.1) is 23.7 Å². The van der Waals surface area contributed by atoms with Gasteiger partial charge in [0.15, 0.2) is 20.8 Å². The Morgan fingerprint density at radius 1 is 1.57 bits per heavy atom. The third kappa shape index (κ3) is 4.80. The normalized spacial score (nSPS) is 20.4. The highest BCUT2D eigenvalue weighted by Crippen LogP contribution is 2.13. The molecule has 2 aromatic rings. The summed E-state index contributed by atoms with van der Waals surface area (Å²) in [6, 6.07) is -0.0618. The van der Waals surface area contributed by atoms with E-state index in [0.717, 1.165) is 17.2 Å². The van der Waals surface area contributed by atoms with E-state index < -0.39 is 9.84 Å². The quantitative estimate of drug-likeness (QED) is 0.400. The minimum Gasteiger partial charge on any atom is -0.357 e. The molecule has 0 aliphatic carbocycles. The summed E-state index contributed by atoms with van der Waals surface area (Å²) in [4.78, 5) is 9.93. The number of sulfone groups is 1. The van der Waals surface area contributed by atoms with Crippen LogP contribution in [0.2, 0.25) is 0 Å². The second kappa shape index (κ2) is 7.79. The molecule has 1 saturated heterocycles. The van der Waals surface area contributed by atoms with Crippen molar-refractivity contribution in [1.82, 2.24) is 20.0 Å². The predicted octanol–water partition coefficient (Wildman–Crippen LogP) is 1.26. The first-order chi connectivity index (χ1) is 10.6. The monoisotopic (exact) mass is 469 g/mol. The van der Waals surface area contributed by atoms with Crippen LogP contribution in [0.3, 0.4) is 0 Å². The Labute approximate surface area is 156 Å². The highest BCUT2D eigenvalue weighted by atomic mass is 127. The summed E-state index contributed by atoms with van der Waals surface area (Å²) < 4.78 is 25.0. The van der Waals surface area contributed by atoms with Crippen LogP contribution in [-0.4, -0.2) is 47.9 Å². The number of hydrogen-bond acceptors (Lipinski definition) is 5. The number of nitrogens with zero attached hydrogens (tertiary/aromatic N) is 3. The molecule has 1 unspecified atom stereocenters. The van der Waals surface area contributed by atoms with Gasteiger partial charge < -0.3 is 10.6 Å². The maximum atomic E-state index is 11.5. The van der Waals surface area contributed by atoms with E-state index in [0.29, 0.717) is 18.9 Å². The number of thiazole rings is 1. The second-order valence-corrected chi connectivity index (χ2v) is 8.37. The van der Waals surface area contributed by atoms with Crippen molar-refractivity contribution in [3.63, 3.8) is 0 Å². The van der Waals surface area contributed by atoms with Crippen molar-refractivity contribution in [1.29, 1.82) is 0 Å². The molecule has 7 nitrogen and oxygen atoms in total. The van der Waals surface area contributed by atoms with Crippen molar-refractivity contribution in [3.05, 3.63) is 23.5 Å². The molecular weight excluding hydrogens is 449 g/mol. The molecule has 0 aromatic carbocycles. The van der Waals surface area contributed by atoms with Crippen LogP contribution in [0.15, 0.2) is 22.8 Å². The Morgan fingerprint density at radius 2 is 2.39 bits per heavy atom. The maximum absolute atomic E-state index is 11.5. The Morgan fingerprint density at radius 3 is 3.04 bits per heavy atom. The van der Waals surface area contributed by atoms with E-state index in [1.807, 2.05) is 29.1 Å². The first kappa shape index (κ1) is 18.5. The van der Waals surface area contributed by atoms with Gasteiger partial charge in [0.25, 0.3) is 0 Å². The lowest BCUT2D eigenvalue weighted by Crippen LogP contribution is -2.44. The van der Waals surface area contributed by atoms with Gasteiger partial charge in [-0.25, -0.2) is 18.4 Å². The van der Waals surface area contributed by atoms with E-state index in [2.05, 4.69) is 20.6 Å². The molecule has 2 N–H and O–H groups in total. The summed E-state index contributed by atoms with van der Waals surface area (Å²) in [7, 11) is -2.89. The average Bonchev–Trinajstić information content (AvgIpc) is 3.10. The summed E-state index contributed by atoms with van der Waals surface area (Å²) in [5.74, 6) is 1.07. The summed E-state index contributed by atoms with van der Waals surface area (Å²) in [5, 5.41) is 8.33. The summed E-state index contributed by atoms with van der Waals surface area (Å²) in [5.41, 5.74) is 0.892. The number of halogens is 1. The molecule has 0 bridgehead atoms. The maximum Gasteiger partial charge on any atom is 0.193 e. The summed E-state index contributed by atoms with van der Waals surface area (Å²) in [6.45, 7) is 3.17. The SMILES string of the molecule is CCNC(=NCc1cn2ccsc2n1)NC1CCS(=O)(=O)C1.I. The molecule has 1 aliphatic rings. The Kier molecular flexibility index (Phi) is 6.26. The first-order valence-corrected chi connectivity index (χ1v) is 9.92. The van der Waals surface area contributed by atoms with E-state index in [1.54, 1.807) is 11.3 Å². The van der Waals surface area contributed by atoms with Crippen molar-refractivity contribution < 1.29 is 8.42 Å². The molecule has 0 amide bonds. The Balaban J connectivity index is 0.00000192. The number of guanidine groups is 1. The number of nitrogens with one attached hydrogen (secondary N) is 2. The molecule has 1 atom stereocenters. The van der Waals surface area contributed by atoms with Gasteiger partial charge in [-0.2, -0.15) is 0 Å². The highest BCUT2D eigenvalue weighted by Gasteiger charge is 2.28. The molecule has 0 saturated carbocycles. The zero-order valence-electron chi connectivity index (χ0n) is 12.7. The van der Waals surface area contributed by atoms with Crippen LogP contribution in [0, 0.1) is 0 Å². The summed E-state index contributed by atoms with van der Waals surface area (Å²) >= 11 is 1.58. The van der Waals surface area contributed by atoms with Crippen molar-refractivity contribution in [3.8, 4) is 0 Å². The molecule has 2 aromatic heterocycles. The lowest BCUT2D eigenvalue weighted by Gasteiger charge is -2.15. The van der Waals surface area contributed by atoms with E-state index in [1.165, 1.54) is 0 Å². The molecule has 10 heteroatoms. The fourth-order valence-electron chi connectivity index (χ4n) is 2.43. The van der Waals surface area contributed by atoms with Crippen LogP contribution in [-0.2, 0) is 16.4 Å². The fraction of sp³-hybridized carbons (Fsp3) is 0.538. The molecule has 1 fully saturated rings. The molecule has 0 spiro atoms. The third-order valence-electron chi connectivity index (χ3n) is 3.46. The standard InChI is InChI=1S/C13H19N5O2S2.HI/c1-2-14-12(16-10-3-6-22(19,20)9-10)15-7-11-8-18-4-5-21-13(18)17-11;/h4-5,8,10H,2-3,6-7,9H2,1H3,(H2,14,15,16);1H. The average molecular weight is 469 g/mol. The lowest BCUT2D eigenvalue weighted by atomic mass is 10.3. The molecular formula is C13H20IN5O2S2. The Hall–Kier alpha value is -0.880. The molecule has 3 rings (SSSR count). The van der Waals surface area contributed by atoms with Gasteiger partial charge in [-0.3, -0.25) is 4.40 Å². The number of fused-ring (bicyclic) bond motifs is 1. The predicted molar refractivity (Wildman–Crippen MR) is 103 cm³/mol. The van der Waals surface area contributed by atoms with Gasteiger partial charge in [-0.1, -0.05) is 0 Å². The number of hydrogen-bond donors (Lipinski definition) is 2. The molecule has 1 aliphatic heterocycles. The van der Waals surface area contributed by atoms with Crippen molar-refractivity contribution in [2.45, 2.75) is 25.9 Å². The van der Waals surface area contributed by atoms with E-state index in [9.17, 15) is 8.42 Å². The second-order valence-electron chi connectivity index (χ2n) is 5.26. The Bertz CT molecular complexity index is 755. The van der Waals surface area contributed by atoms with Crippen LogP contribution in [0.5, 0.6) is 0 Å². The van der Waals surface area contributed by atoms with Gasteiger partial charge in [-0.15, -0.1) is 35.3 Å². The minimum absolute atomic E-state index is 0. The topological polar surface area (TPSA) is 87.9 Å². The van der Waals surface area contributed by atoms with Crippen molar-refractivity contribution in [2.24, 2.45) is 4.99 Å². The largest absolute Gasteiger partial charge is 0.357 e. The van der Waals surface area contributed by atoms with Gasteiger partial charge in [0.2, 0.25) is 0 Å². The summed E-state index contributed by atoms with van der Waals surface area (Å²) in [6.07, 6.45) is 4.55. The number of aromatic nitrogens is 2. The smallest absolute Gasteiger partial charge is 0.193 e. The van der Waals surface area contributed by atoms with Crippen molar-refractivity contribution >= 4 is 56.1 Å². The minimum atomic E-state index is -2.89. The molecule has 23 heavy (non-hydrogen) atoms. The van der Waals surface area contributed by atoms with Crippen LogP contribution in [0.25, 0.3) is 4.96 Å². The fourth-order valence-corrected chi connectivity index (χ4v) is 4.83. The van der Waals surface area contributed by atoms with Gasteiger partial charge in [0.1, 0.15) is 0 Å². The zero-order valence-corrected chi connectivity index (χ0v) is 16.7. The molecule has 3 heterocycles. The van der Waals surface area contributed by atoms with Crippen LogP contribution < -0.4 is 10.6 Å². The lowest BCUT2D eigenvalue weighted by molar-refractivity contribution is 0.599. The van der Waals surface area contributed by atoms with Crippen LogP contribution >= 0.6 is 35.3 Å².